The van der Waals surface area contributed by atoms with Gasteiger partial charge in [0.25, 0.3) is 0 Å². The number of nitrogens with one attached hydrogen (secondary N) is 1. The van der Waals surface area contributed by atoms with Gasteiger partial charge in [-0.25, -0.2) is 0 Å². The first-order valence-corrected chi connectivity index (χ1v) is 6.94. The third-order valence-electron chi connectivity index (χ3n) is 1.87. The molecule has 1 saturated heterocycles. The van der Waals surface area contributed by atoms with Crippen LogP contribution in [-0.2, 0) is 13.6 Å². The molecule has 99 valence electrons. The van der Waals surface area contributed by atoms with Crippen molar-refractivity contribution in [2.24, 2.45) is 11.5 Å². The maximum absolute atomic E-state index is 10.6. The summed E-state index contributed by atoms with van der Waals surface area (Å²) in [6.45, 7) is 4.32. The van der Waals surface area contributed by atoms with Gasteiger partial charge >= 0.3 is 8.25 Å². The van der Waals surface area contributed by atoms with Crippen LogP contribution in [0, 0.1) is 0 Å². The smallest absolute Gasteiger partial charge is 0.319 e. The van der Waals surface area contributed by atoms with Gasteiger partial charge in [0.2, 0.25) is 0 Å². The number of rotatable bonds is 4. The summed E-state index contributed by atoms with van der Waals surface area (Å²) in [6, 6.07) is 0. The van der Waals surface area contributed by atoms with E-state index in [0.29, 0.717) is 26.3 Å². The molecular weight excluding hydrogens is 268 g/mol. The molecule has 1 aliphatic rings. The van der Waals surface area contributed by atoms with Gasteiger partial charge in [-0.1, -0.05) is 0 Å². The third-order valence-corrected chi connectivity index (χ3v) is 2.75. The van der Waals surface area contributed by atoms with Gasteiger partial charge < -0.3 is 25.8 Å². The average Bonchev–Trinajstić information content (AvgIpc) is 2.25. The molecule has 0 amide bonds. The van der Waals surface area contributed by atoms with Crippen LogP contribution >= 0.6 is 8.25 Å². The molecule has 0 aliphatic carbocycles. The Labute approximate surface area is 147 Å². The monoisotopic (exact) mass is 292 g/mol. The topological polar surface area (TPSA) is 99.6 Å². The molecule has 8 heteroatoms. The van der Waals surface area contributed by atoms with E-state index in [2.05, 4.69) is 5.32 Å². The first-order chi connectivity index (χ1) is 7.81. The zero-order valence-corrected chi connectivity index (χ0v) is 14.9. The zero-order chi connectivity index (χ0) is 12.1. The van der Waals surface area contributed by atoms with E-state index < -0.39 is 8.25 Å². The average molecular weight is 292 g/mol. The van der Waals surface area contributed by atoms with Crippen LogP contribution < -0.4 is 16.8 Å². The Kier molecular flexibility index (Phi) is 21.8. The standard InChI is InChI=1S/C5H11O3P.C4H13N3.K/c6-9-7-4-2-1-3-5-8-9;5-1-3-7-4-2-6;/h9H,1-5H2;7H,1-6H2;. The summed E-state index contributed by atoms with van der Waals surface area (Å²) in [5.74, 6) is 0. The summed E-state index contributed by atoms with van der Waals surface area (Å²) >= 11 is 0. The van der Waals surface area contributed by atoms with Crippen molar-refractivity contribution in [3.05, 3.63) is 0 Å². The van der Waals surface area contributed by atoms with Crippen LogP contribution in [0.1, 0.15) is 19.3 Å². The summed E-state index contributed by atoms with van der Waals surface area (Å²) in [6.07, 6.45) is 3.15. The van der Waals surface area contributed by atoms with Crippen LogP contribution in [0.25, 0.3) is 0 Å². The third kappa shape index (κ3) is 17.7. The van der Waals surface area contributed by atoms with E-state index in [1.165, 1.54) is 0 Å². The Morgan fingerprint density at radius 3 is 1.88 bits per heavy atom. The van der Waals surface area contributed by atoms with Crippen molar-refractivity contribution in [2.45, 2.75) is 19.3 Å². The molecule has 0 saturated carbocycles. The van der Waals surface area contributed by atoms with Crippen molar-refractivity contribution in [1.82, 2.24) is 5.32 Å². The molecule has 1 radical (unpaired) electrons. The predicted octanol–water partition coefficient (Wildman–Crippen LogP) is -0.294. The van der Waals surface area contributed by atoms with Gasteiger partial charge in [-0.2, -0.15) is 0 Å². The van der Waals surface area contributed by atoms with Gasteiger partial charge in [0.1, 0.15) is 0 Å². The van der Waals surface area contributed by atoms with Gasteiger partial charge in [0, 0.05) is 77.6 Å². The van der Waals surface area contributed by atoms with E-state index in [9.17, 15) is 4.57 Å². The van der Waals surface area contributed by atoms with Crippen molar-refractivity contribution in [3.8, 4) is 0 Å². The molecule has 1 aliphatic heterocycles. The number of hydrogen-bond donors (Lipinski definition) is 3. The van der Waals surface area contributed by atoms with Crippen LogP contribution in [0.15, 0.2) is 0 Å². The number of hydrogen-bond acceptors (Lipinski definition) is 6. The fourth-order valence-corrected chi connectivity index (χ4v) is 1.77. The van der Waals surface area contributed by atoms with E-state index in [0.717, 1.165) is 32.4 Å². The summed E-state index contributed by atoms with van der Waals surface area (Å²) in [7, 11) is -2.10. The summed E-state index contributed by atoms with van der Waals surface area (Å²) in [5, 5.41) is 3.03. The summed E-state index contributed by atoms with van der Waals surface area (Å²) in [5.41, 5.74) is 10.3. The molecule has 17 heavy (non-hydrogen) atoms. The molecule has 1 rings (SSSR count). The Hall–Kier alpha value is 1.67. The first kappa shape index (κ1) is 21.0. The van der Waals surface area contributed by atoms with Crippen LogP contribution in [0.2, 0.25) is 0 Å². The molecule has 1 fully saturated rings. The molecule has 0 unspecified atom stereocenters. The minimum Gasteiger partial charge on any atom is -0.329 e. The Morgan fingerprint density at radius 1 is 1.00 bits per heavy atom. The molecule has 0 aromatic carbocycles. The Balaban J connectivity index is 0. The Morgan fingerprint density at radius 2 is 1.47 bits per heavy atom. The predicted molar refractivity (Wildman–Crippen MR) is 71.5 cm³/mol. The fourth-order valence-electron chi connectivity index (χ4n) is 1.06. The first-order valence-electron chi connectivity index (χ1n) is 5.71. The molecular formula is C9H24KN3O3P. The fraction of sp³-hybridized carbons (Fsp3) is 1.00. The molecule has 0 atom stereocenters. The maximum Gasteiger partial charge on any atom is 0.319 e. The van der Waals surface area contributed by atoms with E-state index in [-0.39, 0.29) is 51.4 Å². The molecule has 0 bridgehead atoms. The van der Waals surface area contributed by atoms with Crippen molar-refractivity contribution in [1.29, 1.82) is 0 Å². The molecule has 0 spiro atoms. The van der Waals surface area contributed by atoms with Gasteiger partial charge in [-0.15, -0.1) is 0 Å². The quantitative estimate of drug-likeness (QED) is 0.374. The van der Waals surface area contributed by atoms with Gasteiger partial charge in [-0.3, -0.25) is 4.57 Å². The van der Waals surface area contributed by atoms with E-state index in [1.54, 1.807) is 0 Å². The zero-order valence-electron chi connectivity index (χ0n) is 10.7. The minimum absolute atomic E-state index is 0. The second kappa shape index (κ2) is 17.7. The molecule has 1 heterocycles. The van der Waals surface area contributed by atoms with Gasteiger partial charge in [-0.05, 0) is 19.3 Å². The maximum atomic E-state index is 10.6. The largest absolute Gasteiger partial charge is 0.329 e. The second-order valence-corrected chi connectivity index (χ2v) is 4.41. The summed E-state index contributed by atoms with van der Waals surface area (Å²) < 4.78 is 20.2. The van der Waals surface area contributed by atoms with Crippen molar-refractivity contribution in [2.75, 3.05) is 39.4 Å². The number of nitrogens with two attached hydrogens (primary N) is 2. The molecule has 0 aromatic heterocycles. The van der Waals surface area contributed by atoms with Gasteiger partial charge in [0.15, 0.2) is 0 Å². The van der Waals surface area contributed by atoms with Crippen LogP contribution in [0.4, 0.5) is 0 Å². The minimum atomic E-state index is -2.10. The SMILES string of the molecule is NCCNCCN.O=[PH]1OCCCCCO1.[K]. The van der Waals surface area contributed by atoms with Crippen LogP contribution in [-0.4, -0.2) is 90.8 Å². The van der Waals surface area contributed by atoms with E-state index >= 15 is 0 Å². The van der Waals surface area contributed by atoms with Gasteiger partial charge in [0.05, 0.1) is 13.2 Å². The molecule has 5 N–H and O–H groups in total. The van der Waals surface area contributed by atoms with Crippen molar-refractivity contribution < 1.29 is 13.6 Å². The van der Waals surface area contributed by atoms with Crippen molar-refractivity contribution >= 4 is 59.6 Å². The normalized spacial score (nSPS) is 17.1. The van der Waals surface area contributed by atoms with E-state index in [4.69, 9.17) is 20.5 Å². The van der Waals surface area contributed by atoms with Crippen LogP contribution in [0.5, 0.6) is 0 Å². The molecule has 0 aromatic rings. The summed E-state index contributed by atoms with van der Waals surface area (Å²) in [4.78, 5) is 0. The van der Waals surface area contributed by atoms with Crippen LogP contribution in [0.3, 0.4) is 0 Å². The van der Waals surface area contributed by atoms with E-state index in [1.807, 2.05) is 0 Å². The van der Waals surface area contributed by atoms with Crippen molar-refractivity contribution in [3.63, 3.8) is 0 Å². The Bertz CT molecular complexity index is 164. The second-order valence-electron chi connectivity index (χ2n) is 3.33. The molecule has 6 nitrogen and oxygen atoms in total.